The summed E-state index contributed by atoms with van der Waals surface area (Å²) in [5.41, 5.74) is 1.82. The lowest BCUT2D eigenvalue weighted by atomic mass is 10.0. The molecule has 1 aliphatic rings. The highest BCUT2D eigenvalue weighted by Gasteiger charge is 2.34. The summed E-state index contributed by atoms with van der Waals surface area (Å²) >= 11 is 6.00. The largest absolute Gasteiger partial charge is 0.416 e. The van der Waals surface area contributed by atoms with Gasteiger partial charge in [-0.1, -0.05) is 23.7 Å². The number of alkyl halides is 3. The van der Waals surface area contributed by atoms with Crippen molar-refractivity contribution in [2.45, 2.75) is 25.7 Å². The van der Waals surface area contributed by atoms with Crippen LogP contribution in [0, 0.1) is 0 Å². The molecule has 2 aromatic carbocycles. The molecule has 0 N–H and O–H groups in total. The second-order valence-electron chi connectivity index (χ2n) is 9.10. The van der Waals surface area contributed by atoms with Gasteiger partial charge in [-0.3, -0.25) is 9.80 Å². The van der Waals surface area contributed by atoms with E-state index in [1.807, 2.05) is 50.3 Å². The van der Waals surface area contributed by atoms with Crippen LogP contribution in [0.3, 0.4) is 0 Å². The van der Waals surface area contributed by atoms with Gasteiger partial charge in [0, 0.05) is 69.6 Å². The molecule has 1 fully saturated rings. The maximum atomic E-state index is 13.7. The number of halogens is 4. The molecule has 0 radical (unpaired) electrons. The third-order valence-corrected chi connectivity index (χ3v) is 6.67. The molecule has 8 heteroatoms. The first kappa shape index (κ1) is 25.8. The minimum absolute atomic E-state index is 0.240. The smallest absolute Gasteiger partial charge is 0.373 e. The Morgan fingerprint density at radius 3 is 2.15 bits per heavy atom. The molecule has 0 saturated carbocycles. The first-order chi connectivity index (χ1) is 15.5. The predicted octanol–water partition coefficient (Wildman–Crippen LogP) is 5.24. The van der Waals surface area contributed by atoms with Crippen molar-refractivity contribution < 1.29 is 13.2 Å². The lowest BCUT2D eigenvalue weighted by molar-refractivity contribution is -0.138. The van der Waals surface area contributed by atoms with Crippen LogP contribution in [-0.2, 0) is 12.7 Å². The van der Waals surface area contributed by atoms with E-state index < -0.39 is 11.7 Å². The Morgan fingerprint density at radius 2 is 1.58 bits per heavy atom. The van der Waals surface area contributed by atoms with Crippen LogP contribution < -0.4 is 4.90 Å². The van der Waals surface area contributed by atoms with Crippen LogP contribution in [0.25, 0.3) is 0 Å². The number of nitrogens with zero attached hydrogens (tertiary/aromatic N) is 4. The standard InChI is InChI=1S/C25H34ClF3N4/c1-19(20-5-7-22(26)8-6-20)33-15-13-32(14-16-33)18-21-17-23(31(4)12-11-30(2)3)9-10-24(21)25(27,28)29/h5-10,17,19H,11-16,18H2,1-4H3. The second kappa shape index (κ2) is 11.1. The van der Waals surface area contributed by atoms with Gasteiger partial charge in [-0.15, -0.1) is 0 Å². The van der Waals surface area contributed by atoms with Crippen LogP contribution in [0.2, 0.25) is 5.02 Å². The van der Waals surface area contributed by atoms with Gasteiger partial charge in [-0.25, -0.2) is 0 Å². The van der Waals surface area contributed by atoms with Crippen LogP contribution in [0.1, 0.15) is 29.7 Å². The van der Waals surface area contributed by atoms with Crippen LogP contribution in [0.15, 0.2) is 42.5 Å². The van der Waals surface area contributed by atoms with Gasteiger partial charge in [0.1, 0.15) is 0 Å². The summed E-state index contributed by atoms with van der Waals surface area (Å²) in [7, 11) is 5.89. The second-order valence-corrected chi connectivity index (χ2v) is 9.54. The molecule has 1 unspecified atom stereocenters. The fourth-order valence-corrected chi connectivity index (χ4v) is 4.33. The molecular formula is C25H34ClF3N4. The maximum Gasteiger partial charge on any atom is 0.416 e. The van der Waals surface area contributed by atoms with Crippen LogP contribution >= 0.6 is 11.6 Å². The monoisotopic (exact) mass is 482 g/mol. The molecule has 182 valence electrons. The van der Waals surface area contributed by atoms with Crippen molar-refractivity contribution in [1.82, 2.24) is 14.7 Å². The molecule has 1 saturated heterocycles. The molecule has 2 aromatic rings. The highest BCUT2D eigenvalue weighted by atomic mass is 35.5. The average molecular weight is 483 g/mol. The lowest BCUT2D eigenvalue weighted by Gasteiger charge is -2.38. The molecular weight excluding hydrogens is 449 g/mol. The molecule has 1 atom stereocenters. The zero-order valence-electron chi connectivity index (χ0n) is 19.9. The average Bonchev–Trinajstić information content (AvgIpc) is 2.77. The van der Waals surface area contributed by atoms with Crippen molar-refractivity contribution in [3.8, 4) is 0 Å². The Hall–Kier alpha value is -1.80. The number of anilines is 1. The molecule has 1 heterocycles. The fourth-order valence-electron chi connectivity index (χ4n) is 4.21. The zero-order valence-corrected chi connectivity index (χ0v) is 20.6. The van der Waals surface area contributed by atoms with Crippen molar-refractivity contribution in [1.29, 1.82) is 0 Å². The maximum absolute atomic E-state index is 13.7. The first-order valence-corrected chi connectivity index (χ1v) is 11.7. The van der Waals surface area contributed by atoms with Crippen LogP contribution in [0.5, 0.6) is 0 Å². The number of hydrogen-bond donors (Lipinski definition) is 0. The summed E-state index contributed by atoms with van der Waals surface area (Å²) in [6, 6.07) is 12.6. The van der Waals surface area contributed by atoms with Crippen molar-refractivity contribution in [3.05, 3.63) is 64.2 Å². The fraction of sp³-hybridized carbons (Fsp3) is 0.520. The number of benzene rings is 2. The molecule has 0 spiro atoms. The molecule has 3 rings (SSSR count). The van der Waals surface area contributed by atoms with E-state index in [-0.39, 0.29) is 6.04 Å². The summed E-state index contributed by atoms with van der Waals surface area (Å²) in [5, 5.41) is 0.714. The van der Waals surface area contributed by atoms with E-state index in [4.69, 9.17) is 11.6 Å². The van der Waals surface area contributed by atoms with Crippen molar-refractivity contribution in [2.75, 3.05) is 65.3 Å². The Labute approximate surface area is 200 Å². The van der Waals surface area contributed by atoms with Gasteiger partial charge < -0.3 is 9.80 Å². The summed E-state index contributed by atoms with van der Waals surface area (Å²) in [4.78, 5) is 8.57. The Bertz CT molecular complexity index is 894. The molecule has 33 heavy (non-hydrogen) atoms. The molecule has 0 amide bonds. The Morgan fingerprint density at radius 1 is 0.939 bits per heavy atom. The van der Waals surface area contributed by atoms with E-state index in [1.165, 1.54) is 11.6 Å². The van der Waals surface area contributed by atoms with Crippen molar-refractivity contribution in [2.24, 2.45) is 0 Å². The number of rotatable bonds is 8. The van der Waals surface area contributed by atoms with E-state index in [2.05, 4.69) is 21.6 Å². The highest BCUT2D eigenvalue weighted by molar-refractivity contribution is 6.30. The number of piperazine rings is 1. The first-order valence-electron chi connectivity index (χ1n) is 11.3. The van der Waals surface area contributed by atoms with E-state index in [0.717, 1.165) is 45.0 Å². The van der Waals surface area contributed by atoms with Crippen molar-refractivity contribution in [3.63, 3.8) is 0 Å². The normalized spacial score (nSPS) is 16.9. The van der Waals surface area contributed by atoms with E-state index in [1.54, 1.807) is 12.1 Å². The quantitative estimate of drug-likeness (QED) is 0.510. The summed E-state index contributed by atoms with van der Waals surface area (Å²) < 4.78 is 41.2. The summed E-state index contributed by atoms with van der Waals surface area (Å²) in [6.07, 6.45) is -4.36. The number of hydrogen-bond acceptors (Lipinski definition) is 4. The van der Waals surface area contributed by atoms with E-state index >= 15 is 0 Å². The minimum Gasteiger partial charge on any atom is -0.373 e. The van der Waals surface area contributed by atoms with Gasteiger partial charge in [0.25, 0.3) is 0 Å². The van der Waals surface area contributed by atoms with Gasteiger partial charge in [-0.2, -0.15) is 13.2 Å². The van der Waals surface area contributed by atoms with Crippen LogP contribution in [-0.4, -0.2) is 75.1 Å². The van der Waals surface area contributed by atoms with Gasteiger partial charge in [-0.05, 0) is 62.5 Å². The van der Waals surface area contributed by atoms with Crippen molar-refractivity contribution >= 4 is 17.3 Å². The molecule has 4 nitrogen and oxygen atoms in total. The van der Waals surface area contributed by atoms with Crippen LogP contribution in [0.4, 0.5) is 18.9 Å². The minimum atomic E-state index is -4.36. The SMILES string of the molecule is CC(c1ccc(Cl)cc1)N1CCN(Cc2cc(N(C)CCN(C)C)ccc2C(F)(F)F)CC1. The van der Waals surface area contributed by atoms with Gasteiger partial charge in [0.15, 0.2) is 0 Å². The molecule has 0 bridgehead atoms. The Balaban J connectivity index is 1.68. The van der Waals surface area contributed by atoms with E-state index in [9.17, 15) is 13.2 Å². The third kappa shape index (κ3) is 7.09. The zero-order chi connectivity index (χ0) is 24.2. The van der Waals surface area contributed by atoms with Gasteiger partial charge >= 0.3 is 6.18 Å². The lowest BCUT2D eigenvalue weighted by Crippen LogP contribution is -2.46. The molecule has 0 aromatic heterocycles. The molecule has 1 aliphatic heterocycles. The van der Waals surface area contributed by atoms with Gasteiger partial charge in [0.2, 0.25) is 0 Å². The topological polar surface area (TPSA) is 13.0 Å². The molecule has 0 aliphatic carbocycles. The predicted molar refractivity (Wildman–Crippen MR) is 130 cm³/mol. The third-order valence-electron chi connectivity index (χ3n) is 6.42. The Kier molecular flexibility index (Phi) is 8.67. The summed E-state index contributed by atoms with van der Waals surface area (Å²) in [6.45, 7) is 7.13. The highest BCUT2D eigenvalue weighted by Crippen LogP contribution is 2.35. The van der Waals surface area contributed by atoms with Gasteiger partial charge in [0.05, 0.1) is 5.56 Å². The number of likely N-dealkylation sites (N-methyl/N-ethyl adjacent to an activating group) is 2. The van der Waals surface area contributed by atoms with E-state index in [0.29, 0.717) is 17.1 Å². The summed E-state index contributed by atoms with van der Waals surface area (Å²) in [5.74, 6) is 0.